The van der Waals surface area contributed by atoms with Crippen LogP contribution in [0.4, 0.5) is 5.82 Å². The van der Waals surface area contributed by atoms with Crippen molar-refractivity contribution < 1.29 is 14.3 Å². The van der Waals surface area contributed by atoms with Crippen molar-refractivity contribution in [3.05, 3.63) is 47.7 Å². The van der Waals surface area contributed by atoms with Crippen molar-refractivity contribution >= 4 is 11.7 Å². The second-order valence-corrected chi connectivity index (χ2v) is 6.01. The van der Waals surface area contributed by atoms with Gasteiger partial charge in [-0.15, -0.1) is 0 Å². The number of hydrogen-bond donors (Lipinski definition) is 2. The van der Waals surface area contributed by atoms with Crippen molar-refractivity contribution in [3.8, 4) is 0 Å². The van der Waals surface area contributed by atoms with Crippen LogP contribution in [0.15, 0.2) is 30.6 Å². The third-order valence-electron chi connectivity index (χ3n) is 4.05. The van der Waals surface area contributed by atoms with E-state index in [1.165, 1.54) is 0 Å². The van der Waals surface area contributed by atoms with Gasteiger partial charge in [0.15, 0.2) is 5.82 Å². The highest BCUT2D eigenvalue weighted by Crippen LogP contribution is 2.25. The number of nitrogens with one attached hydrogen (secondary N) is 2. The van der Waals surface area contributed by atoms with Gasteiger partial charge in [0.1, 0.15) is 12.4 Å². The molecule has 0 spiro atoms. The minimum atomic E-state index is -0.147. The highest BCUT2D eigenvalue weighted by Gasteiger charge is 2.20. The molecule has 1 fully saturated rings. The number of carbonyl (C=O) groups is 1. The molecule has 26 heavy (non-hydrogen) atoms. The number of pyridine rings is 1. The summed E-state index contributed by atoms with van der Waals surface area (Å²) in [5, 5.41) is 6.09. The molecule has 2 aromatic rings. The van der Waals surface area contributed by atoms with Gasteiger partial charge in [0.25, 0.3) is 5.91 Å². The number of aromatic nitrogens is 3. The topological polar surface area (TPSA) is 98.3 Å². The van der Waals surface area contributed by atoms with E-state index in [1.54, 1.807) is 31.6 Å². The maximum atomic E-state index is 12.0. The second-order valence-electron chi connectivity index (χ2n) is 6.01. The van der Waals surface area contributed by atoms with Crippen LogP contribution in [0.5, 0.6) is 0 Å². The number of amides is 1. The molecule has 138 valence electrons. The van der Waals surface area contributed by atoms with Gasteiger partial charge in [-0.3, -0.25) is 9.78 Å². The fourth-order valence-corrected chi connectivity index (χ4v) is 2.74. The zero-order chi connectivity index (χ0) is 18.2. The summed E-state index contributed by atoms with van der Waals surface area (Å²) >= 11 is 0. The van der Waals surface area contributed by atoms with E-state index < -0.39 is 0 Å². The first-order valence-electron chi connectivity index (χ1n) is 8.63. The van der Waals surface area contributed by atoms with Crippen LogP contribution in [0.25, 0.3) is 0 Å². The maximum Gasteiger partial charge on any atom is 0.252 e. The maximum absolute atomic E-state index is 12.0. The third-order valence-corrected chi connectivity index (χ3v) is 4.05. The first-order valence-corrected chi connectivity index (χ1v) is 8.63. The molecule has 0 unspecified atom stereocenters. The number of rotatable bonds is 8. The number of ether oxygens (including phenoxy) is 2. The summed E-state index contributed by atoms with van der Waals surface area (Å²) < 4.78 is 10.6. The van der Waals surface area contributed by atoms with E-state index in [0.29, 0.717) is 43.6 Å². The quantitative estimate of drug-likeness (QED) is 0.688. The monoisotopic (exact) mass is 357 g/mol. The molecule has 1 saturated heterocycles. The van der Waals surface area contributed by atoms with Crippen LogP contribution in [0.1, 0.15) is 34.2 Å². The minimum absolute atomic E-state index is 0.147. The van der Waals surface area contributed by atoms with Crippen molar-refractivity contribution in [1.29, 1.82) is 0 Å². The van der Waals surface area contributed by atoms with Gasteiger partial charge >= 0.3 is 0 Å². The molecule has 3 heterocycles. The summed E-state index contributed by atoms with van der Waals surface area (Å²) in [5.74, 6) is 1.51. The molecule has 1 amide bonds. The van der Waals surface area contributed by atoms with Gasteiger partial charge in [-0.2, -0.15) is 0 Å². The Morgan fingerprint density at radius 2 is 2.31 bits per heavy atom. The molecule has 3 rings (SSSR count). The van der Waals surface area contributed by atoms with E-state index >= 15 is 0 Å². The fraction of sp³-hybridized carbons (Fsp3) is 0.444. The summed E-state index contributed by atoms with van der Waals surface area (Å²) in [6.45, 7) is 2.82. The minimum Gasteiger partial charge on any atom is -0.381 e. The van der Waals surface area contributed by atoms with E-state index in [0.717, 1.165) is 24.5 Å². The summed E-state index contributed by atoms with van der Waals surface area (Å²) in [6, 6.07) is 5.41. The van der Waals surface area contributed by atoms with Gasteiger partial charge in [0.2, 0.25) is 0 Å². The number of carbonyl (C=O) groups excluding carboxylic acids is 1. The Hall–Kier alpha value is -2.58. The first-order chi connectivity index (χ1) is 12.8. The third kappa shape index (κ3) is 4.96. The van der Waals surface area contributed by atoms with Crippen LogP contribution in [0.2, 0.25) is 0 Å². The molecule has 1 atom stereocenters. The molecule has 0 bridgehead atoms. The molecule has 1 aliphatic heterocycles. The Labute approximate surface area is 152 Å². The van der Waals surface area contributed by atoms with Gasteiger partial charge in [0.05, 0.1) is 17.9 Å². The van der Waals surface area contributed by atoms with Crippen LogP contribution in [0, 0.1) is 0 Å². The largest absolute Gasteiger partial charge is 0.381 e. The van der Waals surface area contributed by atoms with Gasteiger partial charge < -0.3 is 20.1 Å². The lowest BCUT2D eigenvalue weighted by atomic mass is 10.0. The molecule has 0 aromatic carbocycles. The molecule has 0 saturated carbocycles. The van der Waals surface area contributed by atoms with Crippen LogP contribution in [-0.2, 0) is 16.1 Å². The normalized spacial score (nSPS) is 16.4. The zero-order valence-corrected chi connectivity index (χ0v) is 14.8. The highest BCUT2D eigenvalue weighted by atomic mass is 16.5. The van der Waals surface area contributed by atoms with Crippen molar-refractivity contribution in [2.75, 3.05) is 38.7 Å². The van der Waals surface area contributed by atoms with Crippen molar-refractivity contribution in [1.82, 2.24) is 20.3 Å². The standard InChI is InChI=1S/C18H23N5O3/c1-25-12-17-22-15(14-4-8-26-11-14)9-16(23-17)20-6-7-21-18(24)13-3-2-5-19-10-13/h2-3,5,9-10,14H,4,6-8,11-12H2,1H3,(H,21,24)(H,20,22,23)/t14-/m1/s1. The van der Waals surface area contributed by atoms with Gasteiger partial charge in [-0.05, 0) is 18.6 Å². The van der Waals surface area contributed by atoms with E-state index in [1.807, 2.05) is 6.07 Å². The summed E-state index contributed by atoms with van der Waals surface area (Å²) in [7, 11) is 1.62. The molecule has 0 aliphatic carbocycles. The average Bonchev–Trinajstić information content (AvgIpc) is 3.21. The Bertz CT molecular complexity index is 720. The molecule has 1 aliphatic rings. The first kappa shape index (κ1) is 18.2. The van der Waals surface area contributed by atoms with E-state index in [9.17, 15) is 4.79 Å². The smallest absolute Gasteiger partial charge is 0.252 e. The lowest BCUT2D eigenvalue weighted by molar-refractivity contribution is 0.0955. The molecule has 0 radical (unpaired) electrons. The van der Waals surface area contributed by atoms with Crippen molar-refractivity contribution in [2.24, 2.45) is 0 Å². The van der Waals surface area contributed by atoms with Crippen LogP contribution in [-0.4, -0.2) is 54.3 Å². The lowest BCUT2D eigenvalue weighted by Gasteiger charge is -2.13. The lowest BCUT2D eigenvalue weighted by Crippen LogP contribution is -2.29. The van der Waals surface area contributed by atoms with Gasteiger partial charge in [0, 0.05) is 51.2 Å². The van der Waals surface area contributed by atoms with Crippen molar-refractivity contribution in [2.45, 2.75) is 18.9 Å². The molecule has 2 aromatic heterocycles. The number of nitrogens with zero attached hydrogens (tertiary/aromatic N) is 3. The van der Waals surface area contributed by atoms with Crippen LogP contribution >= 0.6 is 0 Å². The Morgan fingerprint density at radius 3 is 3.04 bits per heavy atom. The van der Waals surface area contributed by atoms with Gasteiger partial charge in [-0.25, -0.2) is 9.97 Å². The second kappa shape index (κ2) is 9.21. The zero-order valence-electron chi connectivity index (χ0n) is 14.8. The van der Waals surface area contributed by atoms with E-state index in [4.69, 9.17) is 9.47 Å². The van der Waals surface area contributed by atoms with Crippen LogP contribution in [0.3, 0.4) is 0 Å². The van der Waals surface area contributed by atoms with E-state index in [2.05, 4.69) is 25.6 Å². The summed E-state index contributed by atoms with van der Waals surface area (Å²) in [4.78, 5) is 25.0. The molecule has 8 nitrogen and oxygen atoms in total. The Balaban J connectivity index is 1.55. The molecular formula is C18H23N5O3. The molecule has 2 N–H and O–H groups in total. The Morgan fingerprint density at radius 1 is 1.38 bits per heavy atom. The van der Waals surface area contributed by atoms with E-state index in [-0.39, 0.29) is 5.91 Å². The number of anilines is 1. The number of hydrogen-bond acceptors (Lipinski definition) is 7. The molecule has 8 heteroatoms. The number of methoxy groups -OCH3 is 1. The predicted molar refractivity (Wildman–Crippen MR) is 96.0 cm³/mol. The fourth-order valence-electron chi connectivity index (χ4n) is 2.74. The van der Waals surface area contributed by atoms with Crippen molar-refractivity contribution in [3.63, 3.8) is 0 Å². The Kier molecular flexibility index (Phi) is 6.45. The SMILES string of the molecule is COCc1nc(NCCNC(=O)c2cccnc2)cc([C@@H]2CCOC2)n1. The predicted octanol–water partition coefficient (Wildman–Crippen LogP) is 1.36. The summed E-state index contributed by atoms with van der Waals surface area (Å²) in [5.41, 5.74) is 1.51. The van der Waals surface area contributed by atoms with Gasteiger partial charge in [-0.1, -0.05) is 0 Å². The van der Waals surface area contributed by atoms with Crippen LogP contribution < -0.4 is 10.6 Å². The molecular weight excluding hydrogens is 334 g/mol. The highest BCUT2D eigenvalue weighted by molar-refractivity contribution is 5.93. The average molecular weight is 357 g/mol. The summed E-state index contributed by atoms with van der Waals surface area (Å²) in [6.07, 6.45) is 4.14.